The van der Waals surface area contributed by atoms with E-state index in [1.54, 1.807) is 0 Å². The second-order valence-corrected chi connectivity index (χ2v) is 12.6. The first kappa shape index (κ1) is 33.7. The van der Waals surface area contributed by atoms with Crippen molar-refractivity contribution in [1.82, 2.24) is 0 Å². The van der Waals surface area contributed by atoms with E-state index >= 15 is 0 Å². The van der Waals surface area contributed by atoms with Crippen molar-refractivity contribution in [2.75, 3.05) is 0 Å². The van der Waals surface area contributed by atoms with Gasteiger partial charge in [0.25, 0.3) is 0 Å². The number of ketones is 3. The SMILES string of the molecule is CCC.CCCC(CC1CC(=O)c2c(C)c(-c3cc(C)cc(C)c3)cc(C(C)C)c2C1)C(CC)C(=O)CC(C)=O. The number of hydrogen-bond donors (Lipinski definition) is 0. The van der Waals surface area contributed by atoms with Crippen molar-refractivity contribution in [1.29, 1.82) is 0 Å². The monoisotopic (exact) mass is 546 g/mol. The quantitative estimate of drug-likeness (QED) is 0.263. The van der Waals surface area contributed by atoms with Gasteiger partial charge in [0.05, 0.1) is 6.42 Å². The first-order valence-corrected chi connectivity index (χ1v) is 15.7. The van der Waals surface area contributed by atoms with E-state index in [4.69, 9.17) is 0 Å². The van der Waals surface area contributed by atoms with Crippen LogP contribution in [0.2, 0.25) is 0 Å². The van der Waals surface area contributed by atoms with E-state index in [0.717, 1.165) is 43.2 Å². The highest BCUT2D eigenvalue weighted by Gasteiger charge is 2.34. The van der Waals surface area contributed by atoms with Crippen LogP contribution in [0.25, 0.3) is 11.1 Å². The van der Waals surface area contributed by atoms with E-state index in [9.17, 15) is 14.4 Å². The Morgan fingerprint density at radius 3 is 2.02 bits per heavy atom. The summed E-state index contributed by atoms with van der Waals surface area (Å²) in [6.45, 7) is 20.8. The number of benzene rings is 2. The summed E-state index contributed by atoms with van der Waals surface area (Å²) in [4.78, 5) is 38.3. The minimum atomic E-state index is -0.0985. The smallest absolute Gasteiger partial charge is 0.163 e. The molecule has 220 valence electrons. The molecule has 0 fully saturated rings. The van der Waals surface area contributed by atoms with E-state index in [2.05, 4.69) is 86.6 Å². The number of rotatable bonds is 11. The third kappa shape index (κ3) is 8.48. The molecule has 0 spiro atoms. The summed E-state index contributed by atoms with van der Waals surface area (Å²) >= 11 is 0. The molecule has 0 saturated carbocycles. The van der Waals surface area contributed by atoms with Crippen LogP contribution in [0, 0.1) is 38.5 Å². The highest BCUT2D eigenvalue weighted by molar-refractivity contribution is 6.02. The first-order valence-electron chi connectivity index (χ1n) is 15.7. The van der Waals surface area contributed by atoms with E-state index in [1.807, 2.05) is 0 Å². The van der Waals surface area contributed by atoms with E-state index in [0.29, 0.717) is 12.3 Å². The van der Waals surface area contributed by atoms with Gasteiger partial charge in [0.15, 0.2) is 5.78 Å². The van der Waals surface area contributed by atoms with Gasteiger partial charge in [-0.05, 0) is 92.5 Å². The number of fused-ring (bicyclic) bond motifs is 1. The molecule has 0 heterocycles. The molecule has 1 aliphatic carbocycles. The summed E-state index contributed by atoms with van der Waals surface area (Å²) in [7, 11) is 0. The van der Waals surface area contributed by atoms with Crippen molar-refractivity contribution in [2.45, 2.75) is 127 Å². The molecule has 0 aromatic heterocycles. The maximum atomic E-state index is 13.8. The van der Waals surface area contributed by atoms with Crippen LogP contribution in [0.3, 0.4) is 0 Å². The predicted octanol–water partition coefficient (Wildman–Crippen LogP) is 9.94. The Morgan fingerprint density at radius 1 is 0.925 bits per heavy atom. The second-order valence-electron chi connectivity index (χ2n) is 12.6. The van der Waals surface area contributed by atoms with Crippen molar-refractivity contribution in [2.24, 2.45) is 17.8 Å². The fourth-order valence-corrected chi connectivity index (χ4v) is 6.77. The largest absolute Gasteiger partial charge is 0.300 e. The summed E-state index contributed by atoms with van der Waals surface area (Å²) < 4.78 is 0. The number of carbonyl (C=O) groups is 3. The lowest BCUT2D eigenvalue weighted by molar-refractivity contribution is -0.129. The molecule has 2 aromatic rings. The third-order valence-corrected chi connectivity index (χ3v) is 8.27. The molecule has 3 atom stereocenters. The van der Waals surface area contributed by atoms with Crippen molar-refractivity contribution in [3.8, 4) is 11.1 Å². The lowest BCUT2D eigenvalue weighted by Gasteiger charge is -2.33. The molecule has 3 heteroatoms. The molecule has 0 radical (unpaired) electrons. The summed E-state index contributed by atoms with van der Waals surface area (Å²) in [5, 5.41) is 0. The van der Waals surface area contributed by atoms with Crippen LogP contribution in [0.4, 0.5) is 0 Å². The molecule has 0 saturated heterocycles. The van der Waals surface area contributed by atoms with Gasteiger partial charge >= 0.3 is 0 Å². The maximum absolute atomic E-state index is 13.8. The van der Waals surface area contributed by atoms with Gasteiger partial charge in [0.2, 0.25) is 0 Å². The fourth-order valence-electron chi connectivity index (χ4n) is 6.77. The van der Waals surface area contributed by atoms with Crippen LogP contribution in [-0.2, 0) is 16.0 Å². The topological polar surface area (TPSA) is 51.2 Å². The summed E-state index contributed by atoms with van der Waals surface area (Å²) in [5.74, 6) is 0.940. The molecule has 3 nitrogen and oxygen atoms in total. The normalized spacial score (nSPS) is 16.2. The first-order chi connectivity index (χ1) is 18.9. The molecular weight excluding hydrogens is 492 g/mol. The Bertz CT molecular complexity index is 1170. The van der Waals surface area contributed by atoms with Gasteiger partial charge in [-0.25, -0.2) is 0 Å². The Labute approximate surface area is 244 Å². The van der Waals surface area contributed by atoms with Crippen LogP contribution in [0.1, 0.15) is 138 Å². The van der Waals surface area contributed by atoms with Gasteiger partial charge in [-0.15, -0.1) is 0 Å². The van der Waals surface area contributed by atoms with Crippen molar-refractivity contribution < 1.29 is 14.4 Å². The molecule has 3 unspecified atom stereocenters. The number of Topliss-reactive ketones (excluding diaryl/α,β-unsaturated/α-hetero) is 3. The molecule has 0 aliphatic heterocycles. The van der Waals surface area contributed by atoms with Crippen molar-refractivity contribution in [3.63, 3.8) is 0 Å². The number of aryl methyl sites for hydroxylation is 2. The Morgan fingerprint density at radius 2 is 1.52 bits per heavy atom. The molecule has 0 amide bonds. The van der Waals surface area contributed by atoms with E-state index in [-0.39, 0.29) is 41.5 Å². The highest BCUT2D eigenvalue weighted by atomic mass is 16.1. The lowest BCUT2D eigenvalue weighted by atomic mass is 9.70. The summed E-state index contributed by atoms with van der Waals surface area (Å²) in [6.07, 6.45) is 6.30. The molecule has 2 aromatic carbocycles. The van der Waals surface area contributed by atoms with Gasteiger partial charge in [-0.2, -0.15) is 0 Å². The minimum absolute atomic E-state index is 0.0308. The van der Waals surface area contributed by atoms with Crippen LogP contribution in [0.15, 0.2) is 24.3 Å². The van der Waals surface area contributed by atoms with Gasteiger partial charge in [-0.1, -0.05) is 96.2 Å². The van der Waals surface area contributed by atoms with E-state index < -0.39 is 0 Å². The Hall–Kier alpha value is -2.55. The molecular formula is C37H54O3. The lowest BCUT2D eigenvalue weighted by Crippen LogP contribution is -2.30. The zero-order valence-electron chi connectivity index (χ0n) is 27.0. The number of hydrogen-bond acceptors (Lipinski definition) is 3. The summed E-state index contributed by atoms with van der Waals surface area (Å²) in [6, 6.07) is 8.96. The molecule has 0 N–H and O–H groups in total. The van der Waals surface area contributed by atoms with E-state index in [1.165, 1.54) is 46.7 Å². The highest BCUT2D eigenvalue weighted by Crippen LogP contribution is 2.42. The van der Waals surface area contributed by atoms with Gasteiger partial charge in [0, 0.05) is 17.9 Å². The van der Waals surface area contributed by atoms with Crippen molar-refractivity contribution in [3.05, 3.63) is 57.6 Å². The van der Waals surface area contributed by atoms with Crippen LogP contribution >= 0.6 is 0 Å². The van der Waals surface area contributed by atoms with Gasteiger partial charge < -0.3 is 0 Å². The molecule has 0 bridgehead atoms. The average molecular weight is 547 g/mol. The number of carbonyl (C=O) groups excluding carboxylic acids is 3. The zero-order chi connectivity index (χ0) is 30.1. The standard InChI is InChI=1S/C34H46O3.C3H8/c1-9-11-26(28(10-2)32(36)15-23(7)35)16-25-17-31-29(20(3)4)19-30(24(8)34(31)33(37)18-25)27-13-21(5)12-22(6)14-27;1-3-2/h12-14,19-20,25-26,28H,9-11,15-18H2,1-8H3;3H2,1-2H3. The molecule has 1 aliphatic rings. The van der Waals surface area contributed by atoms with Crippen LogP contribution in [0.5, 0.6) is 0 Å². The summed E-state index contributed by atoms with van der Waals surface area (Å²) in [5.41, 5.74) is 9.36. The average Bonchev–Trinajstić information content (AvgIpc) is 2.83. The second kappa shape index (κ2) is 15.5. The predicted molar refractivity (Wildman–Crippen MR) is 169 cm³/mol. The Balaban J connectivity index is 0.00000178. The van der Waals surface area contributed by atoms with Gasteiger partial charge in [-0.3, -0.25) is 14.4 Å². The Kier molecular flexibility index (Phi) is 13.0. The molecule has 3 rings (SSSR count). The zero-order valence-corrected chi connectivity index (χ0v) is 27.0. The molecule has 40 heavy (non-hydrogen) atoms. The minimum Gasteiger partial charge on any atom is -0.300 e. The third-order valence-electron chi connectivity index (χ3n) is 8.27. The van der Waals surface area contributed by atoms with Crippen LogP contribution in [-0.4, -0.2) is 17.3 Å². The van der Waals surface area contributed by atoms with Crippen molar-refractivity contribution >= 4 is 17.3 Å². The van der Waals surface area contributed by atoms with Crippen LogP contribution < -0.4 is 0 Å². The van der Waals surface area contributed by atoms with Gasteiger partial charge in [0.1, 0.15) is 11.6 Å². The maximum Gasteiger partial charge on any atom is 0.163 e. The fraction of sp³-hybridized carbons (Fsp3) is 0.595.